The van der Waals surface area contributed by atoms with Gasteiger partial charge in [-0.2, -0.15) is 5.10 Å². The number of carbonyl (C=O) groups is 1. The lowest BCUT2D eigenvalue weighted by Crippen LogP contribution is -2.28. The smallest absolute Gasteiger partial charge is 0.221 e. The van der Waals surface area contributed by atoms with Crippen molar-refractivity contribution in [1.82, 2.24) is 19.2 Å². The summed E-state index contributed by atoms with van der Waals surface area (Å²) in [5.74, 6) is 0.663. The van der Waals surface area contributed by atoms with Crippen molar-refractivity contribution in [2.75, 3.05) is 26.8 Å². The molecule has 0 aliphatic carbocycles. The quantitative estimate of drug-likeness (QED) is 0.620. The Labute approximate surface area is 180 Å². The number of carbonyl (C=O) groups excluding carboxylic acids is 1. The molecular weight excluding hydrogens is 401 g/mol. The van der Waals surface area contributed by atoms with Crippen LogP contribution in [0.4, 0.5) is 4.39 Å². The number of nitrogens with zero attached hydrogens (tertiary/aromatic N) is 4. The Balaban J connectivity index is 1.96. The van der Waals surface area contributed by atoms with Crippen molar-refractivity contribution in [1.29, 1.82) is 5.41 Å². The van der Waals surface area contributed by atoms with Gasteiger partial charge in [-0.1, -0.05) is 0 Å². The second kappa shape index (κ2) is 9.63. The van der Waals surface area contributed by atoms with E-state index in [1.807, 2.05) is 19.1 Å². The molecule has 1 aromatic heterocycles. The third-order valence-electron chi connectivity index (χ3n) is 5.10. The fourth-order valence-electron chi connectivity index (χ4n) is 3.51. The van der Waals surface area contributed by atoms with E-state index in [0.717, 1.165) is 30.6 Å². The summed E-state index contributed by atoms with van der Waals surface area (Å²) in [6.07, 6.45) is 3.80. The molecule has 2 heterocycles. The van der Waals surface area contributed by atoms with E-state index in [1.54, 1.807) is 4.57 Å². The molecule has 0 radical (unpaired) electrons. The van der Waals surface area contributed by atoms with Crippen molar-refractivity contribution in [2.45, 2.75) is 33.9 Å². The summed E-state index contributed by atoms with van der Waals surface area (Å²) in [7, 11) is 1.41. The lowest BCUT2D eigenvalue weighted by atomic mass is 10.1. The zero-order valence-electron chi connectivity index (χ0n) is 18.3. The molecule has 8 nitrogen and oxygen atoms in total. The van der Waals surface area contributed by atoms with E-state index in [-0.39, 0.29) is 29.3 Å². The minimum atomic E-state index is -0.556. The van der Waals surface area contributed by atoms with Crippen molar-refractivity contribution in [3.05, 3.63) is 58.6 Å². The van der Waals surface area contributed by atoms with E-state index in [4.69, 9.17) is 14.9 Å². The number of Topliss-reactive ketones (excluding diaryl/α,β-unsaturated/α-hetero) is 1. The third kappa shape index (κ3) is 4.70. The van der Waals surface area contributed by atoms with E-state index in [1.165, 1.54) is 23.9 Å². The number of ether oxygens (including phenoxy) is 2. The van der Waals surface area contributed by atoms with Gasteiger partial charge in [-0.25, -0.2) is 9.07 Å². The van der Waals surface area contributed by atoms with Crippen LogP contribution in [-0.4, -0.2) is 51.8 Å². The maximum absolute atomic E-state index is 13.8. The number of rotatable bonds is 9. The number of allylic oxidation sites excluding steroid dienone is 1. The fourth-order valence-corrected chi connectivity index (χ4v) is 3.51. The topological polar surface area (TPSA) is 85.4 Å². The molecule has 166 valence electrons. The monoisotopic (exact) mass is 429 g/mol. The number of fused-ring (bicyclic) bond motifs is 1. The number of hydrogen-bond acceptors (Lipinski definition) is 6. The number of ketones is 1. The molecule has 0 saturated heterocycles. The highest BCUT2D eigenvalue weighted by molar-refractivity contribution is 5.96. The van der Waals surface area contributed by atoms with Crippen molar-refractivity contribution >= 4 is 11.9 Å². The zero-order valence-corrected chi connectivity index (χ0v) is 18.3. The van der Waals surface area contributed by atoms with E-state index < -0.39 is 5.82 Å². The Hall–Kier alpha value is -3.36. The number of benzene rings is 1. The van der Waals surface area contributed by atoms with Gasteiger partial charge in [0.2, 0.25) is 5.62 Å². The largest absolute Gasteiger partial charge is 0.497 e. The first-order valence-corrected chi connectivity index (χ1v) is 10.3. The number of likely N-dealkylation sites (N-methyl/N-ethyl adjacent to an activating group) is 1. The minimum absolute atomic E-state index is 0.0795. The first kappa shape index (κ1) is 22.3. The normalized spacial score (nSPS) is 13.1. The van der Waals surface area contributed by atoms with Gasteiger partial charge in [0.15, 0.2) is 11.6 Å². The SMILES string of the molecule is CCOC1=CCn2c(nn(CC(=O)c3cc(F)cc(OC)c3)c2=N)C=C1N(CC)CC. The van der Waals surface area contributed by atoms with Crippen molar-refractivity contribution < 1.29 is 18.7 Å². The van der Waals surface area contributed by atoms with E-state index in [2.05, 4.69) is 23.8 Å². The van der Waals surface area contributed by atoms with Gasteiger partial charge in [0.05, 0.1) is 19.4 Å². The number of halogens is 1. The summed E-state index contributed by atoms with van der Waals surface area (Å²) in [6, 6.07) is 3.85. The predicted molar refractivity (Wildman–Crippen MR) is 114 cm³/mol. The van der Waals surface area contributed by atoms with Gasteiger partial charge in [-0.3, -0.25) is 14.8 Å². The van der Waals surface area contributed by atoms with Crippen LogP contribution in [0.1, 0.15) is 37.0 Å². The van der Waals surface area contributed by atoms with Crippen molar-refractivity contribution in [2.24, 2.45) is 0 Å². The maximum atomic E-state index is 13.8. The molecular formula is C22H28FN5O3. The molecule has 0 atom stereocenters. The second-order valence-corrected chi connectivity index (χ2v) is 6.96. The van der Waals surface area contributed by atoms with Gasteiger partial charge in [-0.15, -0.1) is 0 Å². The summed E-state index contributed by atoms with van der Waals surface area (Å²) in [5, 5.41) is 13.0. The standard InChI is InChI=1S/C22H28FN5O3/c1-5-26(6-2)18-13-21-25-28(22(24)27(21)9-8-20(18)31-7-3)14-19(29)15-10-16(23)12-17(11-15)30-4/h8,10-13,24H,5-7,9,14H2,1-4H3. The molecule has 0 saturated carbocycles. The Bertz CT molecular complexity index is 1080. The molecule has 31 heavy (non-hydrogen) atoms. The van der Waals surface area contributed by atoms with Gasteiger partial charge in [0.25, 0.3) is 0 Å². The van der Waals surface area contributed by atoms with Crippen LogP contribution in [0, 0.1) is 11.2 Å². The highest BCUT2D eigenvalue weighted by Crippen LogP contribution is 2.22. The summed E-state index contributed by atoms with van der Waals surface area (Å²) in [5.41, 5.74) is 1.14. The molecule has 0 bridgehead atoms. The second-order valence-electron chi connectivity index (χ2n) is 6.96. The molecule has 0 unspecified atom stereocenters. The number of hydrogen-bond donors (Lipinski definition) is 1. The molecule has 3 rings (SSSR count). The summed E-state index contributed by atoms with van der Waals surface area (Å²) >= 11 is 0. The molecule has 1 aliphatic heterocycles. The van der Waals surface area contributed by atoms with Crippen LogP contribution in [0.2, 0.25) is 0 Å². The summed E-state index contributed by atoms with van der Waals surface area (Å²) in [4.78, 5) is 14.9. The van der Waals surface area contributed by atoms with E-state index in [9.17, 15) is 9.18 Å². The number of nitrogens with one attached hydrogen (secondary N) is 1. The Morgan fingerprint density at radius 2 is 2.00 bits per heavy atom. The van der Waals surface area contributed by atoms with Gasteiger partial charge >= 0.3 is 0 Å². The number of aromatic nitrogens is 3. The van der Waals surface area contributed by atoms with Crippen molar-refractivity contribution in [3.8, 4) is 5.75 Å². The molecule has 1 aliphatic rings. The Kier molecular flexibility index (Phi) is 6.94. The first-order valence-electron chi connectivity index (χ1n) is 10.3. The summed E-state index contributed by atoms with van der Waals surface area (Å²) < 4.78 is 27.7. The molecule has 0 amide bonds. The first-order chi connectivity index (χ1) is 14.9. The lowest BCUT2D eigenvalue weighted by molar-refractivity contribution is 0.0964. The molecule has 1 N–H and O–H groups in total. The van der Waals surface area contributed by atoms with E-state index >= 15 is 0 Å². The summed E-state index contributed by atoms with van der Waals surface area (Å²) in [6.45, 7) is 8.39. The average molecular weight is 429 g/mol. The molecule has 2 aromatic rings. The third-order valence-corrected chi connectivity index (χ3v) is 5.10. The van der Waals surface area contributed by atoms with Crippen LogP contribution in [0.15, 0.2) is 35.7 Å². The molecule has 0 spiro atoms. The maximum Gasteiger partial charge on any atom is 0.221 e. The van der Waals surface area contributed by atoms with Gasteiger partial charge in [0.1, 0.15) is 23.9 Å². The Morgan fingerprint density at radius 1 is 1.26 bits per heavy atom. The fraction of sp³-hybridized carbons (Fsp3) is 0.409. The zero-order chi connectivity index (χ0) is 22.5. The highest BCUT2D eigenvalue weighted by Gasteiger charge is 2.21. The van der Waals surface area contributed by atoms with Crippen molar-refractivity contribution in [3.63, 3.8) is 0 Å². The predicted octanol–water partition coefficient (Wildman–Crippen LogP) is 2.81. The van der Waals surface area contributed by atoms with Gasteiger partial charge < -0.3 is 14.4 Å². The molecule has 9 heteroatoms. The van der Waals surface area contributed by atoms with Gasteiger partial charge in [0, 0.05) is 37.3 Å². The van der Waals surface area contributed by atoms with Crippen LogP contribution >= 0.6 is 0 Å². The van der Waals surface area contributed by atoms with Crippen LogP contribution < -0.4 is 10.4 Å². The minimum Gasteiger partial charge on any atom is -0.497 e. The lowest BCUT2D eigenvalue weighted by Gasteiger charge is -2.25. The average Bonchev–Trinajstić information content (AvgIpc) is 2.93. The Morgan fingerprint density at radius 3 is 2.65 bits per heavy atom. The highest BCUT2D eigenvalue weighted by atomic mass is 19.1. The molecule has 0 fully saturated rings. The van der Waals surface area contributed by atoms with E-state index in [0.29, 0.717) is 19.0 Å². The number of methoxy groups -OCH3 is 1. The van der Waals surface area contributed by atoms with Gasteiger partial charge in [-0.05, 0) is 39.0 Å². The van der Waals surface area contributed by atoms with Crippen LogP contribution in [-0.2, 0) is 17.8 Å². The molecule has 1 aromatic carbocycles. The van der Waals surface area contributed by atoms with Crippen LogP contribution in [0.25, 0.3) is 6.08 Å². The van der Waals surface area contributed by atoms with Crippen LogP contribution in [0.3, 0.4) is 0 Å². The van der Waals surface area contributed by atoms with Crippen LogP contribution in [0.5, 0.6) is 5.75 Å².